The van der Waals surface area contributed by atoms with E-state index >= 15 is 0 Å². The minimum atomic E-state index is -3.71. The van der Waals surface area contributed by atoms with E-state index in [4.69, 9.17) is 27.9 Å². The molecule has 1 saturated heterocycles. The Kier molecular flexibility index (Phi) is 8.18. The van der Waals surface area contributed by atoms with Gasteiger partial charge in [-0.3, -0.25) is 14.0 Å². The highest BCUT2D eigenvalue weighted by Crippen LogP contribution is 2.30. The molecule has 1 heterocycles. The number of amides is 1. The number of benzene rings is 1. The Balaban J connectivity index is 2.11. The van der Waals surface area contributed by atoms with Crippen LogP contribution in [-0.2, 0) is 19.6 Å². The molecule has 1 atom stereocenters. The number of nitrogens with one attached hydrogen (secondary N) is 1. The lowest BCUT2D eigenvalue weighted by atomic mass is 10.2. The maximum Gasteiger partial charge on any atom is 0.243 e. The van der Waals surface area contributed by atoms with Crippen LogP contribution in [0.25, 0.3) is 0 Å². The minimum absolute atomic E-state index is 0.227. The molecule has 0 aromatic heterocycles. The number of sulfonamides is 1. The first-order valence-corrected chi connectivity index (χ1v) is 11.4. The van der Waals surface area contributed by atoms with Gasteiger partial charge >= 0.3 is 0 Å². The molecule has 0 saturated carbocycles. The van der Waals surface area contributed by atoms with Gasteiger partial charge < -0.3 is 10.1 Å². The minimum Gasteiger partial charge on any atom is -0.379 e. The van der Waals surface area contributed by atoms with E-state index in [2.05, 4.69) is 10.2 Å². The highest BCUT2D eigenvalue weighted by Gasteiger charge is 2.31. The summed E-state index contributed by atoms with van der Waals surface area (Å²) in [6.45, 7) is 5.92. The molecule has 0 bridgehead atoms. The van der Waals surface area contributed by atoms with Crippen LogP contribution in [0.3, 0.4) is 0 Å². The fourth-order valence-corrected chi connectivity index (χ4v) is 4.46. The third-order valence-electron chi connectivity index (χ3n) is 4.32. The maximum absolute atomic E-state index is 12.7. The molecule has 1 aliphatic heterocycles. The van der Waals surface area contributed by atoms with E-state index < -0.39 is 16.1 Å². The van der Waals surface area contributed by atoms with E-state index in [1.54, 1.807) is 13.0 Å². The van der Waals surface area contributed by atoms with Crippen LogP contribution in [-0.4, -0.2) is 70.9 Å². The normalized spacial score (nSPS) is 16.7. The van der Waals surface area contributed by atoms with Crippen molar-refractivity contribution in [3.8, 4) is 0 Å². The van der Waals surface area contributed by atoms with Gasteiger partial charge in [0.15, 0.2) is 0 Å². The number of hydrogen-bond donors (Lipinski definition) is 1. The second-order valence-electron chi connectivity index (χ2n) is 6.33. The molecular weight excluding hydrogens is 413 g/mol. The predicted octanol–water partition coefficient (Wildman–Crippen LogP) is 1.99. The first kappa shape index (κ1) is 22.2. The van der Waals surface area contributed by atoms with E-state index in [1.165, 1.54) is 12.1 Å². The Hall–Kier alpha value is -1.06. The van der Waals surface area contributed by atoms with Gasteiger partial charge in [0.05, 0.1) is 35.2 Å². The SMILES string of the molecule is CC[C@@H](C(=O)NCCN1CCOCC1)N(c1ccc(Cl)c(Cl)c1)S(C)(=O)=O. The topological polar surface area (TPSA) is 79.0 Å². The molecule has 1 N–H and O–H groups in total. The molecule has 0 unspecified atom stereocenters. The molecule has 1 aliphatic rings. The van der Waals surface area contributed by atoms with E-state index in [0.29, 0.717) is 43.4 Å². The summed E-state index contributed by atoms with van der Waals surface area (Å²) in [4.78, 5) is 14.9. The zero-order chi connectivity index (χ0) is 20.0. The van der Waals surface area contributed by atoms with Gasteiger partial charge in [-0.05, 0) is 24.6 Å². The van der Waals surface area contributed by atoms with Crippen molar-refractivity contribution < 1.29 is 17.9 Å². The lowest BCUT2D eigenvalue weighted by Gasteiger charge is -2.31. The van der Waals surface area contributed by atoms with E-state index in [9.17, 15) is 13.2 Å². The van der Waals surface area contributed by atoms with E-state index in [0.717, 1.165) is 23.7 Å². The molecule has 1 aromatic rings. The Morgan fingerprint density at radius 3 is 2.52 bits per heavy atom. The number of ether oxygens (including phenoxy) is 1. The Labute approximate surface area is 170 Å². The van der Waals surface area contributed by atoms with Crippen molar-refractivity contribution in [2.75, 3.05) is 50.0 Å². The zero-order valence-corrected chi connectivity index (χ0v) is 17.8. The summed E-state index contributed by atoms with van der Waals surface area (Å²) in [5.74, 6) is -0.345. The molecule has 10 heteroatoms. The quantitative estimate of drug-likeness (QED) is 0.672. The highest BCUT2D eigenvalue weighted by atomic mass is 35.5. The van der Waals surface area contributed by atoms with Crippen LogP contribution in [0, 0.1) is 0 Å². The van der Waals surface area contributed by atoms with Crippen LogP contribution in [0.15, 0.2) is 18.2 Å². The molecule has 0 radical (unpaired) electrons. The average Bonchev–Trinajstić information content (AvgIpc) is 2.62. The first-order chi connectivity index (χ1) is 12.7. The highest BCUT2D eigenvalue weighted by molar-refractivity contribution is 7.92. The van der Waals surface area contributed by atoms with Crippen molar-refractivity contribution >= 4 is 44.8 Å². The number of nitrogens with zero attached hydrogens (tertiary/aromatic N) is 2. The van der Waals surface area contributed by atoms with Gasteiger partial charge in [0.1, 0.15) is 6.04 Å². The molecule has 7 nitrogen and oxygen atoms in total. The van der Waals surface area contributed by atoms with Gasteiger partial charge in [0.25, 0.3) is 0 Å². The number of anilines is 1. The largest absolute Gasteiger partial charge is 0.379 e. The van der Waals surface area contributed by atoms with Crippen molar-refractivity contribution in [3.05, 3.63) is 28.2 Å². The molecule has 1 fully saturated rings. The third kappa shape index (κ3) is 6.22. The summed E-state index contributed by atoms with van der Waals surface area (Å²) in [5.41, 5.74) is 0.307. The predicted molar refractivity (Wildman–Crippen MR) is 108 cm³/mol. The second kappa shape index (κ2) is 9.93. The number of carbonyl (C=O) groups is 1. The first-order valence-electron chi connectivity index (χ1n) is 8.76. The van der Waals surface area contributed by atoms with Crippen molar-refractivity contribution in [2.24, 2.45) is 0 Å². The van der Waals surface area contributed by atoms with Crippen LogP contribution < -0.4 is 9.62 Å². The fraction of sp³-hybridized carbons (Fsp3) is 0.588. The van der Waals surface area contributed by atoms with Crippen LogP contribution in [0.1, 0.15) is 13.3 Å². The Bertz CT molecular complexity index is 755. The smallest absolute Gasteiger partial charge is 0.243 e. The standard InChI is InChI=1S/C17H25Cl2N3O4S/c1-3-16(17(23)20-6-7-21-8-10-26-11-9-21)22(27(2,24)25)13-4-5-14(18)15(19)12-13/h4-5,12,16H,3,6-11H2,1-2H3,(H,20,23)/t16-/m0/s1. The van der Waals surface area contributed by atoms with Gasteiger partial charge in [-0.2, -0.15) is 0 Å². The Morgan fingerprint density at radius 2 is 1.96 bits per heavy atom. The lowest BCUT2D eigenvalue weighted by molar-refractivity contribution is -0.122. The zero-order valence-electron chi connectivity index (χ0n) is 15.5. The summed E-state index contributed by atoms with van der Waals surface area (Å²) >= 11 is 12.0. The van der Waals surface area contributed by atoms with Crippen molar-refractivity contribution in [1.29, 1.82) is 0 Å². The van der Waals surface area contributed by atoms with Gasteiger partial charge in [0, 0.05) is 26.2 Å². The third-order valence-corrected chi connectivity index (χ3v) is 6.24. The number of morpholine rings is 1. The molecular formula is C17H25Cl2N3O4S. The molecule has 1 aromatic carbocycles. The summed E-state index contributed by atoms with van der Waals surface area (Å²) in [6, 6.07) is 3.63. The molecule has 27 heavy (non-hydrogen) atoms. The van der Waals surface area contributed by atoms with Gasteiger partial charge in [-0.25, -0.2) is 8.42 Å². The number of carbonyl (C=O) groups excluding carboxylic acids is 1. The van der Waals surface area contributed by atoms with Gasteiger partial charge in [-0.1, -0.05) is 30.1 Å². The summed E-state index contributed by atoms with van der Waals surface area (Å²) in [5, 5.41) is 3.39. The summed E-state index contributed by atoms with van der Waals surface area (Å²) in [7, 11) is -3.71. The van der Waals surface area contributed by atoms with E-state index in [1.807, 2.05) is 0 Å². The number of hydrogen-bond acceptors (Lipinski definition) is 5. The van der Waals surface area contributed by atoms with Crippen molar-refractivity contribution in [1.82, 2.24) is 10.2 Å². The number of halogens is 2. The summed E-state index contributed by atoms with van der Waals surface area (Å²) in [6.07, 6.45) is 1.38. The average molecular weight is 438 g/mol. The second-order valence-corrected chi connectivity index (χ2v) is 9.00. The fourth-order valence-electron chi connectivity index (χ4n) is 2.96. The van der Waals surface area contributed by atoms with Crippen LogP contribution >= 0.6 is 23.2 Å². The molecule has 2 rings (SSSR count). The van der Waals surface area contributed by atoms with E-state index in [-0.39, 0.29) is 10.9 Å². The Morgan fingerprint density at radius 1 is 1.30 bits per heavy atom. The molecule has 0 spiro atoms. The molecule has 152 valence electrons. The van der Waals surface area contributed by atoms with Crippen molar-refractivity contribution in [2.45, 2.75) is 19.4 Å². The molecule has 0 aliphatic carbocycles. The monoisotopic (exact) mass is 437 g/mol. The molecule has 1 amide bonds. The van der Waals surface area contributed by atoms with Gasteiger partial charge in [0.2, 0.25) is 15.9 Å². The van der Waals surface area contributed by atoms with Crippen molar-refractivity contribution in [3.63, 3.8) is 0 Å². The van der Waals surface area contributed by atoms with Crippen LogP contribution in [0.2, 0.25) is 10.0 Å². The van der Waals surface area contributed by atoms with Gasteiger partial charge in [-0.15, -0.1) is 0 Å². The van der Waals surface area contributed by atoms with Crippen LogP contribution in [0.5, 0.6) is 0 Å². The lowest BCUT2D eigenvalue weighted by Crippen LogP contribution is -2.50. The summed E-state index contributed by atoms with van der Waals surface area (Å²) < 4.78 is 31.2. The number of rotatable bonds is 8. The van der Waals surface area contributed by atoms with Crippen LogP contribution in [0.4, 0.5) is 5.69 Å². The maximum atomic E-state index is 12.7.